The predicted octanol–water partition coefficient (Wildman–Crippen LogP) is 2.69. The number of anilines is 3. The summed E-state index contributed by atoms with van der Waals surface area (Å²) >= 11 is 0. The third-order valence-electron chi connectivity index (χ3n) is 3.25. The molecule has 110 valence electrons. The third kappa shape index (κ3) is 3.25. The number of carbonyl (C=O) groups is 1. The van der Waals surface area contributed by atoms with Gasteiger partial charge in [-0.2, -0.15) is 0 Å². The summed E-state index contributed by atoms with van der Waals surface area (Å²) in [6.07, 6.45) is 0. The number of ether oxygens (including phenoxy) is 1. The average Bonchev–Trinajstić information content (AvgIpc) is 2.50. The lowest BCUT2D eigenvalue weighted by Gasteiger charge is -2.14. The van der Waals surface area contributed by atoms with Gasteiger partial charge in [0.25, 0.3) is 5.91 Å². The molecule has 0 saturated heterocycles. The summed E-state index contributed by atoms with van der Waals surface area (Å²) < 4.78 is 5.18. The summed E-state index contributed by atoms with van der Waals surface area (Å²) in [5.74, 6) is 0.648. The van der Waals surface area contributed by atoms with E-state index in [1.165, 1.54) is 0 Å². The summed E-state index contributed by atoms with van der Waals surface area (Å²) in [7, 11) is 3.23. The lowest BCUT2D eigenvalue weighted by atomic mass is 10.1. The van der Waals surface area contributed by atoms with Gasteiger partial charge in [-0.3, -0.25) is 4.79 Å². The number of hydrogen-bond donors (Lipinski definition) is 3. The van der Waals surface area contributed by atoms with Gasteiger partial charge in [0.2, 0.25) is 0 Å². The number of carbonyl (C=O) groups excluding carboxylic acids is 1. The molecule has 5 heteroatoms. The number of rotatable bonds is 4. The Hall–Kier alpha value is -2.69. The fourth-order valence-corrected chi connectivity index (χ4v) is 2.00. The molecular weight excluding hydrogens is 266 g/mol. The van der Waals surface area contributed by atoms with E-state index < -0.39 is 0 Å². The van der Waals surface area contributed by atoms with E-state index in [0.717, 1.165) is 17.0 Å². The average molecular weight is 285 g/mol. The largest absolute Gasteiger partial charge is 0.497 e. The second-order valence-corrected chi connectivity index (χ2v) is 4.69. The van der Waals surface area contributed by atoms with E-state index >= 15 is 0 Å². The molecule has 2 aromatic carbocycles. The van der Waals surface area contributed by atoms with Crippen LogP contribution < -0.4 is 21.1 Å². The summed E-state index contributed by atoms with van der Waals surface area (Å²) in [5.41, 5.74) is 9.74. The minimum absolute atomic E-state index is 0.149. The van der Waals surface area contributed by atoms with Crippen LogP contribution in [0.5, 0.6) is 5.75 Å². The van der Waals surface area contributed by atoms with Gasteiger partial charge in [-0.25, -0.2) is 0 Å². The number of hydrogen-bond acceptors (Lipinski definition) is 4. The molecule has 0 saturated carbocycles. The molecule has 0 unspecified atom stereocenters. The molecule has 0 atom stereocenters. The van der Waals surface area contributed by atoms with Crippen LogP contribution in [-0.2, 0) is 0 Å². The zero-order valence-corrected chi connectivity index (χ0v) is 12.4. The molecule has 1 amide bonds. The van der Waals surface area contributed by atoms with Crippen LogP contribution in [0, 0.1) is 6.92 Å². The molecular formula is C16H19N3O2. The van der Waals surface area contributed by atoms with E-state index in [0.29, 0.717) is 16.9 Å². The number of benzene rings is 2. The Morgan fingerprint density at radius 2 is 1.90 bits per heavy atom. The van der Waals surface area contributed by atoms with Crippen molar-refractivity contribution in [2.75, 3.05) is 25.2 Å². The zero-order valence-electron chi connectivity index (χ0n) is 12.4. The van der Waals surface area contributed by atoms with Gasteiger partial charge in [-0.1, -0.05) is 0 Å². The SMILES string of the molecule is CNC(=O)c1ccc(N)c(Nc2ccc(OC)cc2C)c1. The van der Waals surface area contributed by atoms with E-state index in [1.54, 1.807) is 32.4 Å². The van der Waals surface area contributed by atoms with E-state index in [2.05, 4.69) is 10.6 Å². The smallest absolute Gasteiger partial charge is 0.251 e. The Labute approximate surface area is 124 Å². The van der Waals surface area contributed by atoms with Crippen molar-refractivity contribution >= 4 is 23.0 Å². The molecule has 0 bridgehead atoms. The predicted molar refractivity (Wildman–Crippen MR) is 85.3 cm³/mol. The zero-order chi connectivity index (χ0) is 15.4. The topological polar surface area (TPSA) is 76.4 Å². The molecule has 4 N–H and O–H groups in total. The normalized spacial score (nSPS) is 10.0. The van der Waals surface area contributed by atoms with Crippen molar-refractivity contribution in [2.45, 2.75) is 6.92 Å². The Bertz CT molecular complexity index is 669. The van der Waals surface area contributed by atoms with Crippen LogP contribution in [0.4, 0.5) is 17.1 Å². The molecule has 0 heterocycles. The molecule has 0 spiro atoms. The highest BCUT2D eigenvalue weighted by Gasteiger charge is 2.08. The number of amides is 1. The van der Waals surface area contributed by atoms with Gasteiger partial charge in [0.1, 0.15) is 5.75 Å². The number of nitrogen functional groups attached to an aromatic ring is 1. The quantitative estimate of drug-likeness (QED) is 0.755. The minimum atomic E-state index is -0.149. The maximum absolute atomic E-state index is 11.7. The first kappa shape index (κ1) is 14.7. The fraction of sp³-hybridized carbons (Fsp3) is 0.188. The van der Waals surface area contributed by atoms with Gasteiger partial charge in [-0.15, -0.1) is 0 Å². The molecule has 0 aliphatic heterocycles. The lowest BCUT2D eigenvalue weighted by Crippen LogP contribution is -2.18. The van der Waals surface area contributed by atoms with Gasteiger partial charge in [0.15, 0.2) is 0 Å². The van der Waals surface area contributed by atoms with Gasteiger partial charge >= 0.3 is 0 Å². The van der Waals surface area contributed by atoms with E-state index in [-0.39, 0.29) is 5.91 Å². The first-order valence-electron chi connectivity index (χ1n) is 6.58. The first-order chi connectivity index (χ1) is 10.0. The molecule has 0 fully saturated rings. The highest BCUT2D eigenvalue weighted by atomic mass is 16.5. The number of nitrogens with one attached hydrogen (secondary N) is 2. The highest BCUT2D eigenvalue weighted by molar-refractivity contribution is 5.96. The molecule has 5 nitrogen and oxygen atoms in total. The number of methoxy groups -OCH3 is 1. The van der Waals surface area contributed by atoms with Crippen LogP contribution in [0.3, 0.4) is 0 Å². The number of nitrogens with two attached hydrogens (primary N) is 1. The molecule has 2 aromatic rings. The lowest BCUT2D eigenvalue weighted by molar-refractivity contribution is 0.0963. The van der Waals surface area contributed by atoms with Gasteiger partial charge in [0.05, 0.1) is 18.5 Å². The summed E-state index contributed by atoms with van der Waals surface area (Å²) in [6.45, 7) is 1.98. The van der Waals surface area contributed by atoms with Crippen LogP contribution in [-0.4, -0.2) is 20.1 Å². The van der Waals surface area contributed by atoms with Crippen molar-refractivity contribution in [3.05, 3.63) is 47.5 Å². The second-order valence-electron chi connectivity index (χ2n) is 4.69. The maximum atomic E-state index is 11.7. The maximum Gasteiger partial charge on any atom is 0.251 e. The third-order valence-corrected chi connectivity index (χ3v) is 3.25. The van der Waals surface area contributed by atoms with Crippen LogP contribution >= 0.6 is 0 Å². The highest BCUT2D eigenvalue weighted by Crippen LogP contribution is 2.28. The standard InChI is InChI=1S/C16H19N3O2/c1-10-8-12(21-3)5-7-14(10)19-15-9-11(16(20)18-2)4-6-13(15)17/h4-9,19H,17H2,1-3H3,(H,18,20). The van der Waals surface area contributed by atoms with Crippen LogP contribution in [0.1, 0.15) is 15.9 Å². The van der Waals surface area contributed by atoms with E-state index in [4.69, 9.17) is 10.5 Å². The number of aryl methyl sites for hydroxylation is 1. The second kappa shape index (κ2) is 6.17. The summed E-state index contributed by atoms with van der Waals surface area (Å²) in [5, 5.41) is 5.84. The van der Waals surface area contributed by atoms with Gasteiger partial charge in [0, 0.05) is 18.3 Å². The van der Waals surface area contributed by atoms with Gasteiger partial charge < -0.3 is 21.1 Å². The molecule has 0 aliphatic rings. The molecule has 0 radical (unpaired) electrons. The molecule has 21 heavy (non-hydrogen) atoms. The minimum Gasteiger partial charge on any atom is -0.497 e. The Morgan fingerprint density at radius 1 is 1.14 bits per heavy atom. The molecule has 0 aromatic heterocycles. The Balaban J connectivity index is 2.32. The Kier molecular flexibility index (Phi) is 4.33. The van der Waals surface area contributed by atoms with Crippen LogP contribution in [0.15, 0.2) is 36.4 Å². The molecule has 0 aliphatic carbocycles. The van der Waals surface area contributed by atoms with Crippen molar-refractivity contribution < 1.29 is 9.53 Å². The van der Waals surface area contributed by atoms with Crippen molar-refractivity contribution in [1.82, 2.24) is 5.32 Å². The van der Waals surface area contributed by atoms with Gasteiger partial charge in [-0.05, 0) is 48.9 Å². The van der Waals surface area contributed by atoms with Crippen molar-refractivity contribution in [1.29, 1.82) is 0 Å². The monoisotopic (exact) mass is 285 g/mol. The van der Waals surface area contributed by atoms with Crippen molar-refractivity contribution in [2.24, 2.45) is 0 Å². The van der Waals surface area contributed by atoms with Crippen LogP contribution in [0.2, 0.25) is 0 Å². The van der Waals surface area contributed by atoms with Crippen LogP contribution in [0.25, 0.3) is 0 Å². The molecule has 2 rings (SSSR count). The van der Waals surface area contributed by atoms with E-state index in [9.17, 15) is 4.79 Å². The fourth-order valence-electron chi connectivity index (χ4n) is 2.00. The first-order valence-corrected chi connectivity index (χ1v) is 6.58. The Morgan fingerprint density at radius 3 is 2.52 bits per heavy atom. The summed E-state index contributed by atoms with van der Waals surface area (Å²) in [6, 6.07) is 10.9. The van der Waals surface area contributed by atoms with Crippen molar-refractivity contribution in [3.63, 3.8) is 0 Å². The summed E-state index contributed by atoms with van der Waals surface area (Å²) in [4.78, 5) is 11.7. The van der Waals surface area contributed by atoms with E-state index in [1.807, 2.05) is 25.1 Å². The van der Waals surface area contributed by atoms with Crippen molar-refractivity contribution in [3.8, 4) is 5.75 Å².